The van der Waals surface area contributed by atoms with Crippen molar-refractivity contribution >= 4 is 5.91 Å². The van der Waals surface area contributed by atoms with E-state index in [9.17, 15) is 4.79 Å². The van der Waals surface area contributed by atoms with Crippen molar-refractivity contribution in [1.82, 2.24) is 20.1 Å². The molecule has 1 saturated carbocycles. The third-order valence-electron chi connectivity index (χ3n) is 3.46. The van der Waals surface area contributed by atoms with Gasteiger partial charge in [-0.05, 0) is 30.0 Å². The Balaban J connectivity index is 1.59. The van der Waals surface area contributed by atoms with Gasteiger partial charge in [-0.3, -0.25) is 4.79 Å². The standard InChI is InChI=1S/C14H16N4O/c1-10-7-12(10)14(19)16-9-11-3-4-13(15-8-11)18-6-2-5-17-18/h2-6,8,10,12H,7,9H2,1H3,(H,16,19)/t10-,12-/m0/s1. The molecule has 0 bridgehead atoms. The van der Waals surface area contributed by atoms with E-state index < -0.39 is 0 Å². The van der Waals surface area contributed by atoms with E-state index in [2.05, 4.69) is 22.3 Å². The van der Waals surface area contributed by atoms with E-state index in [1.165, 1.54) is 0 Å². The average Bonchev–Trinajstić information content (AvgIpc) is 2.94. The van der Waals surface area contributed by atoms with E-state index in [1.807, 2.05) is 24.4 Å². The fraction of sp³-hybridized carbons (Fsp3) is 0.357. The summed E-state index contributed by atoms with van der Waals surface area (Å²) in [5, 5.41) is 7.06. The molecule has 2 aromatic rings. The molecule has 1 aliphatic rings. The summed E-state index contributed by atoms with van der Waals surface area (Å²) in [6.45, 7) is 2.64. The van der Waals surface area contributed by atoms with Gasteiger partial charge in [0, 0.05) is 31.1 Å². The molecular weight excluding hydrogens is 240 g/mol. The van der Waals surface area contributed by atoms with Gasteiger partial charge in [-0.25, -0.2) is 9.67 Å². The van der Waals surface area contributed by atoms with Crippen molar-refractivity contribution in [2.24, 2.45) is 11.8 Å². The van der Waals surface area contributed by atoms with Crippen LogP contribution in [-0.4, -0.2) is 20.7 Å². The molecule has 0 aliphatic heterocycles. The summed E-state index contributed by atoms with van der Waals surface area (Å²) in [5.41, 5.74) is 0.998. The Morgan fingerprint density at radius 2 is 2.37 bits per heavy atom. The van der Waals surface area contributed by atoms with Crippen LogP contribution in [-0.2, 0) is 11.3 Å². The van der Waals surface area contributed by atoms with Crippen LogP contribution in [0.1, 0.15) is 18.9 Å². The Hall–Kier alpha value is -2.17. The second-order valence-electron chi connectivity index (χ2n) is 5.01. The average molecular weight is 256 g/mol. The Bertz CT molecular complexity index is 562. The van der Waals surface area contributed by atoms with E-state index >= 15 is 0 Å². The van der Waals surface area contributed by atoms with Gasteiger partial charge in [0.1, 0.15) is 0 Å². The fourth-order valence-corrected chi connectivity index (χ4v) is 2.07. The van der Waals surface area contributed by atoms with Gasteiger partial charge >= 0.3 is 0 Å². The molecule has 0 radical (unpaired) electrons. The fourth-order valence-electron chi connectivity index (χ4n) is 2.07. The summed E-state index contributed by atoms with van der Waals surface area (Å²) in [7, 11) is 0. The molecule has 0 saturated heterocycles. The van der Waals surface area contributed by atoms with E-state index in [-0.39, 0.29) is 11.8 Å². The molecule has 1 aliphatic carbocycles. The number of nitrogens with zero attached hydrogens (tertiary/aromatic N) is 3. The second kappa shape index (κ2) is 4.84. The summed E-state index contributed by atoms with van der Waals surface area (Å²) < 4.78 is 1.70. The van der Waals surface area contributed by atoms with Gasteiger partial charge < -0.3 is 5.32 Å². The zero-order valence-corrected chi connectivity index (χ0v) is 10.8. The Kier molecular flexibility index (Phi) is 3.03. The Morgan fingerprint density at radius 1 is 1.53 bits per heavy atom. The van der Waals surface area contributed by atoms with Crippen molar-refractivity contribution < 1.29 is 4.79 Å². The highest BCUT2D eigenvalue weighted by Crippen LogP contribution is 2.37. The van der Waals surface area contributed by atoms with E-state index in [0.29, 0.717) is 12.5 Å². The van der Waals surface area contributed by atoms with Gasteiger partial charge in [-0.15, -0.1) is 0 Å². The molecular formula is C14H16N4O. The lowest BCUT2D eigenvalue weighted by Crippen LogP contribution is -2.24. The summed E-state index contributed by atoms with van der Waals surface area (Å²) >= 11 is 0. The first-order valence-corrected chi connectivity index (χ1v) is 6.46. The van der Waals surface area contributed by atoms with Crippen LogP contribution < -0.4 is 5.32 Å². The quantitative estimate of drug-likeness (QED) is 0.902. The van der Waals surface area contributed by atoms with Crippen molar-refractivity contribution in [3.8, 4) is 5.82 Å². The van der Waals surface area contributed by atoms with Crippen LogP contribution in [0.3, 0.4) is 0 Å². The lowest BCUT2D eigenvalue weighted by Gasteiger charge is -2.05. The van der Waals surface area contributed by atoms with E-state index in [4.69, 9.17) is 0 Å². The van der Waals surface area contributed by atoms with Crippen molar-refractivity contribution in [3.05, 3.63) is 42.4 Å². The predicted octanol–water partition coefficient (Wildman–Crippen LogP) is 1.54. The van der Waals surface area contributed by atoms with Gasteiger partial charge in [-0.1, -0.05) is 13.0 Å². The van der Waals surface area contributed by atoms with Crippen molar-refractivity contribution in [2.75, 3.05) is 0 Å². The summed E-state index contributed by atoms with van der Waals surface area (Å²) in [4.78, 5) is 16.0. The maximum atomic E-state index is 11.7. The van der Waals surface area contributed by atoms with Crippen LogP contribution in [0.15, 0.2) is 36.8 Å². The Morgan fingerprint density at radius 3 is 2.95 bits per heavy atom. The number of pyridine rings is 1. The number of hydrogen-bond acceptors (Lipinski definition) is 3. The minimum absolute atomic E-state index is 0.156. The van der Waals surface area contributed by atoms with Crippen LogP contribution in [0.25, 0.3) is 5.82 Å². The maximum Gasteiger partial charge on any atom is 0.223 e. The van der Waals surface area contributed by atoms with Crippen LogP contribution in [0.4, 0.5) is 0 Å². The number of amides is 1. The molecule has 2 heterocycles. The van der Waals surface area contributed by atoms with Gasteiger partial charge in [0.2, 0.25) is 5.91 Å². The van der Waals surface area contributed by atoms with E-state index in [1.54, 1.807) is 17.1 Å². The number of nitrogens with one attached hydrogen (secondary N) is 1. The molecule has 0 spiro atoms. The molecule has 0 aromatic carbocycles. The van der Waals surface area contributed by atoms with Crippen molar-refractivity contribution in [3.63, 3.8) is 0 Å². The molecule has 5 nitrogen and oxygen atoms in total. The molecule has 5 heteroatoms. The number of aromatic nitrogens is 3. The minimum atomic E-state index is 0.156. The topological polar surface area (TPSA) is 59.8 Å². The zero-order chi connectivity index (χ0) is 13.2. The SMILES string of the molecule is C[C@H]1C[C@@H]1C(=O)NCc1ccc(-n2cccn2)nc1. The van der Waals surface area contributed by atoms with Crippen LogP contribution in [0.2, 0.25) is 0 Å². The van der Waals surface area contributed by atoms with Crippen molar-refractivity contribution in [1.29, 1.82) is 0 Å². The van der Waals surface area contributed by atoms with Crippen molar-refractivity contribution in [2.45, 2.75) is 19.9 Å². The highest BCUT2D eigenvalue weighted by Gasteiger charge is 2.38. The number of carbonyl (C=O) groups excluding carboxylic acids is 1. The second-order valence-corrected chi connectivity index (χ2v) is 5.01. The summed E-state index contributed by atoms with van der Waals surface area (Å²) in [5.74, 6) is 1.69. The molecule has 1 fully saturated rings. The first-order valence-electron chi connectivity index (χ1n) is 6.46. The predicted molar refractivity (Wildman–Crippen MR) is 70.5 cm³/mol. The lowest BCUT2D eigenvalue weighted by molar-refractivity contribution is -0.122. The molecule has 0 unspecified atom stereocenters. The summed E-state index contributed by atoms with van der Waals surface area (Å²) in [6, 6.07) is 5.71. The number of carbonyl (C=O) groups is 1. The molecule has 19 heavy (non-hydrogen) atoms. The molecule has 2 atom stereocenters. The van der Waals surface area contributed by atoms with Crippen LogP contribution >= 0.6 is 0 Å². The highest BCUT2D eigenvalue weighted by atomic mass is 16.2. The molecule has 1 N–H and O–H groups in total. The summed E-state index contributed by atoms with van der Waals surface area (Å²) in [6.07, 6.45) is 6.35. The van der Waals surface area contributed by atoms with Gasteiger partial charge in [-0.2, -0.15) is 5.10 Å². The largest absolute Gasteiger partial charge is 0.352 e. The van der Waals surface area contributed by atoms with E-state index in [0.717, 1.165) is 17.8 Å². The smallest absolute Gasteiger partial charge is 0.223 e. The first kappa shape index (κ1) is 11.9. The van der Waals surface area contributed by atoms with Crippen LogP contribution in [0.5, 0.6) is 0 Å². The molecule has 1 amide bonds. The van der Waals surface area contributed by atoms with Gasteiger partial charge in [0.05, 0.1) is 0 Å². The normalized spacial score (nSPS) is 21.1. The first-order chi connectivity index (χ1) is 9.24. The lowest BCUT2D eigenvalue weighted by atomic mass is 10.2. The molecule has 98 valence electrons. The minimum Gasteiger partial charge on any atom is -0.352 e. The number of hydrogen-bond donors (Lipinski definition) is 1. The zero-order valence-electron chi connectivity index (χ0n) is 10.8. The third kappa shape index (κ3) is 2.65. The monoisotopic (exact) mass is 256 g/mol. The highest BCUT2D eigenvalue weighted by molar-refractivity contribution is 5.81. The number of rotatable bonds is 4. The third-order valence-corrected chi connectivity index (χ3v) is 3.46. The van der Waals surface area contributed by atoms with Gasteiger partial charge in [0.15, 0.2) is 5.82 Å². The molecule has 2 aromatic heterocycles. The van der Waals surface area contributed by atoms with Crippen LogP contribution in [0, 0.1) is 11.8 Å². The van der Waals surface area contributed by atoms with Gasteiger partial charge in [0.25, 0.3) is 0 Å². The molecule has 3 rings (SSSR count). The maximum absolute atomic E-state index is 11.7. The Labute approximate surface area is 111 Å².